The van der Waals surface area contributed by atoms with Crippen molar-refractivity contribution >= 4 is 17.0 Å². The van der Waals surface area contributed by atoms with Gasteiger partial charge in [0, 0.05) is 37.6 Å². The summed E-state index contributed by atoms with van der Waals surface area (Å²) in [6, 6.07) is 0. The maximum absolute atomic E-state index is 4.56. The highest BCUT2D eigenvalue weighted by Gasteiger charge is 2.27. The van der Waals surface area contributed by atoms with Gasteiger partial charge in [-0.25, -0.2) is 4.98 Å². The van der Waals surface area contributed by atoms with Crippen molar-refractivity contribution < 1.29 is 0 Å². The SMILES string of the molecule is c1cnc2c(n1)c1c3n2CCCN3CCCC1. The summed E-state index contributed by atoms with van der Waals surface area (Å²) in [5, 5.41) is 0. The van der Waals surface area contributed by atoms with Crippen molar-refractivity contribution in [3.8, 4) is 0 Å². The molecule has 2 aliphatic rings. The Bertz CT molecular complexity index is 572. The van der Waals surface area contributed by atoms with Crippen molar-refractivity contribution in [1.82, 2.24) is 14.5 Å². The second kappa shape index (κ2) is 3.45. The largest absolute Gasteiger partial charge is 0.358 e. The Labute approximate surface area is 100 Å². The lowest BCUT2D eigenvalue weighted by Gasteiger charge is -2.30. The number of aryl methyl sites for hydroxylation is 2. The van der Waals surface area contributed by atoms with Crippen LogP contribution in [0.2, 0.25) is 0 Å². The fraction of sp³-hybridized carbons (Fsp3) is 0.538. The normalized spacial score (nSPS) is 19.2. The molecule has 2 aromatic heterocycles. The Morgan fingerprint density at radius 3 is 2.82 bits per heavy atom. The summed E-state index contributed by atoms with van der Waals surface area (Å²) in [7, 11) is 0. The van der Waals surface area contributed by atoms with Gasteiger partial charge in [-0.15, -0.1) is 0 Å². The molecule has 0 saturated carbocycles. The lowest BCUT2D eigenvalue weighted by atomic mass is 10.1. The average molecular weight is 228 g/mol. The Kier molecular flexibility index (Phi) is 1.92. The van der Waals surface area contributed by atoms with E-state index < -0.39 is 0 Å². The first kappa shape index (κ1) is 9.45. The van der Waals surface area contributed by atoms with Crippen LogP contribution in [0.25, 0.3) is 11.2 Å². The van der Waals surface area contributed by atoms with E-state index in [0.717, 1.165) is 24.1 Å². The van der Waals surface area contributed by atoms with E-state index in [2.05, 4.69) is 19.4 Å². The van der Waals surface area contributed by atoms with Crippen LogP contribution in [0.3, 0.4) is 0 Å². The van der Waals surface area contributed by atoms with Crippen LogP contribution in [0.4, 0.5) is 5.82 Å². The molecule has 0 fully saturated rings. The van der Waals surface area contributed by atoms with Gasteiger partial charge in [0.05, 0.1) is 0 Å². The Hall–Kier alpha value is -1.58. The van der Waals surface area contributed by atoms with Crippen molar-refractivity contribution in [2.75, 3.05) is 18.0 Å². The molecule has 0 bridgehead atoms. The number of hydrogen-bond donors (Lipinski definition) is 0. The molecule has 0 unspecified atom stereocenters. The number of aromatic nitrogens is 3. The first-order valence-corrected chi connectivity index (χ1v) is 6.52. The van der Waals surface area contributed by atoms with Gasteiger partial charge in [0.25, 0.3) is 0 Å². The molecule has 88 valence electrons. The highest BCUT2D eigenvalue weighted by Crippen LogP contribution is 2.36. The average Bonchev–Trinajstić information content (AvgIpc) is 2.56. The fourth-order valence-electron chi connectivity index (χ4n) is 3.26. The van der Waals surface area contributed by atoms with Gasteiger partial charge in [0.1, 0.15) is 11.3 Å². The quantitative estimate of drug-likeness (QED) is 0.691. The van der Waals surface area contributed by atoms with Gasteiger partial charge < -0.3 is 9.47 Å². The number of hydrogen-bond acceptors (Lipinski definition) is 3. The highest BCUT2D eigenvalue weighted by molar-refractivity contribution is 5.84. The topological polar surface area (TPSA) is 34.0 Å². The van der Waals surface area contributed by atoms with Crippen LogP contribution < -0.4 is 4.90 Å². The summed E-state index contributed by atoms with van der Waals surface area (Å²) >= 11 is 0. The van der Waals surface area contributed by atoms with Crippen LogP contribution in [0, 0.1) is 0 Å². The van der Waals surface area contributed by atoms with Gasteiger partial charge in [0.15, 0.2) is 5.65 Å². The number of nitrogens with zero attached hydrogens (tertiary/aromatic N) is 4. The third kappa shape index (κ3) is 1.24. The molecule has 2 aromatic rings. The predicted octanol–water partition coefficient (Wildman–Crippen LogP) is 1.98. The molecule has 4 nitrogen and oxygen atoms in total. The van der Waals surface area contributed by atoms with Gasteiger partial charge in [-0.05, 0) is 25.7 Å². The summed E-state index contributed by atoms with van der Waals surface area (Å²) in [6.45, 7) is 3.49. The van der Waals surface area contributed by atoms with Crippen LogP contribution in [0.1, 0.15) is 24.8 Å². The van der Waals surface area contributed by atoms with Gasteiger partial charge in [-0.1, -0.05) is 0 Å². The number of anilines is 1. The van der Waals surface area contributed by atoms with Gasteiger partial charge in [-0.2, -0.15) is 0 Å². The molecule has 0 amide bonds. The lowest BCUT2D eigenvalue weighted by molar-refractivity contribution is 0.568. The molecule has 0 spiro atoms. The van der Waals surface area contributed by atoms with E-state index >= 15 is 0 Å². The van der Waals surface area contributed by atoms with Gasteiger partial charge >= 0.3 is 0 Å². The fourth-order valence-corrected chi connectivity index (χ4v) is 3.26. The molecule has 0 saturated heterocycles. The summed E-state index contributed by atoms with van der Waals surface area (Å²) in [5.74, 6) is 1.41. The Balaban J connectivity index is 2.08. The molecule has 4 heterocycles. The molecule has 4 rings (SSSR count). The molecule has 4 heteroatoms. The van der Waals surface area contributed by atoms with Crippen molar-refractivity contribution in [3.05, 3.63) is 18.0 Å². The second-order valence-corrected chi connectivity index (χ2v) is 4.98. The van der Waals surface area contributed by atoms with Crippen molar-refractivity contribution in [1.29, 1.82) is 0 Å². The lowest BCUT2D eigenvalue weighted by Crippen LogP contribution is -2.32. The zero-order valence-electron chi connectivity index (χ0n) is 9.89. The smallest absolute Gasteiger partial charge is 0.160 e. The van der Waals surface area contributed by atoms with E-state index in [0.29, 0.717) is 0 Å². The third-order valence-corrected chi connectivity index (χ3v) is 3.96. The van der Waals surface area contributed by atoms with Crippen LogP contribution in [-0.2, 0) is 13.0 Å². The first-order valence-electron chi connectivity index (χ1n) is 6.52. The minimum Gasteiger partial charge on any atom is -0.358 e. The van der Waals surface area contributed by atoms with Crippen LogP contribution >= 0.6 is 0 Å². The molecule has 0 atom stereocenters. The molecule has 0 N–H and O–H groups in total. The third-order valence-electron chi connectivity index (χ3n) is 3.96. The summed E-state index contributed by atoms with van der Waals surface area (Å²) in [5.41, 5.74) is 3.66. The maximum Gasteiger partial charge on any atom is 0.160 e. The van der Waals surface area contributed by atoms with E-state index in [1.165, 1.54) is 43.7 Å². The summed E-state index contributed by atoms with van der Waals surface area (Å²) in [6.07, 6.45) is 8.60. The zero-order chi connectivity index (χ0) is 11.2. The van der Waals surface area contributed by atoms with E-state index in [1.807, 2.05) is 12.4 Å². The molecule has 0 aromatic carbocycles. The molecule has 0 radical (unpaired) electrons. The Morgan fingerprint density at radius 2 is 1.82 bits per heavy atom. The molecule has 0 aliphatic carbocycles. The van der Waals surface area contributed by atoms with Crippen molar-refractivity contribution in [2.24, 2.45) is 0 Å². The zero-order valence-corrected chi connectivity index (χ0v) is 9.89. The Morgan fingerprint density at radius 1 is 0.941 bits per heavy atom. The van der Waals surface area contributed by atoms with Crippen LogP contribution in [0.5, 0.6) is 0 Å². The standard InChI is InChI=1S/C13H16N4/c1-2-7-16-8-3-9-17-12-11(14-5-6-15-12)10(4-1)13(16)17/h5-6H,1-4,7-9H2. The molecular weight excluding hydrogens is 212 g/mol. The molecule has 17 heavy (non-hydrogen) atoms. The molecule has 2 aliphatic heterocycles. The van der Waals surface area contributed by atoms with Gasteiger partial charge in [0.2, 0.25) is 0 Å². The minimum atomic E-state index is 1.09. The summed E-state index contributed by atoms with van der Waals surface area (Å²) in [4.78, 5) is 11.6. The second-order valence-electron chi connectivity index (χ2n) is 4.98. The monoisotopic (exact) mass is 228 g/mol. The van der Waals surface area contributed by atoms with E-state index in [-0.39, 0.29) is 0 Å². The minimum absolute atomic E-state index is 1.09. The number of rotatable bonds is 0. The number of fused-ring (bicyclic) bond motifs is 3. The highest BCUT2D eigenvalue weighted by atomic mass is 15.3. The summed E-state index contributed by atoms with van der Waals surface area (Å²) < 4.78 is 2.38. The van der Waals surface area contributed by atoms with Crippen molar-refractivity contribution in [3.63, 3.8) is 0 Å². The predicted molar refractivity (Wildman–Crippen MR) is 67.3 cm³/mol. The van der Waals surface area contributed by atoms with E-state index in [4.69, 9.17) is 0 Å². The van der Waals surface area contributed by atoms with E-state index in [1.54, 1.807) is 0 Å². The van der Waals surface area contributed by atoms with Crippen LogP contribution in [0.15, 0.2) is 12.4 Å². The van der Waals surface area contributed by atoms with Crippen LogP contribution in [-0.4, -0.2) is 27.6 Å². The maximum atomic E-state index is 4.56. The van der Waals surface area contributed by atoms with E-state index in [9.17, 15) is 0 Å². The van der Waals surface area contributed by atoms with Gasteiger partial charge in [-0.3, -0.25) is 4.98 Å². The molecular formula is C13H16N4. The first-order chi connectivity index (χ1) is 8.45. The van der Waals surface area contributed by atoms with Crippen molar-refractivity contribution in [2.45, 2.75) is 32.2 Å².